The quantitative estimate of drug-likeness (QED) is 0.745. The van der Waals surface area contributed by atoms with Crippen LogP contribution in [0.2, 0.25) is 0 Å². The van der Waals surface area contributed by atoms with Crippen molar-refractivity contribution in [2.75, 3.05) is 32.1 Å². The third kappa shape index (κ3) is 2.65. The zero-order chi connectivity index (χ0) is 10.7. The number of nitrogens with zero attached hydrogens (tertiary/aromatic N) is 1. The molecule has 0 spiro atoms. The SMILES string of the molecule is NCC1COCC(=O)N1CC1CCCS1. The molecule has 0 aromatic heterocycles. The molecule has 2 heterocycles. The highest BCUT2D eigenvalue weighted by atomic mass is 32.2. The summed E-state index contributed by atoms with van der Waals surface area (Å²) in [7, 11) is 0. The minimum atomic E-state index is 0.0902. The summed E-state index contributed by atoms with van der Waals surface area (Å²) in [5, 5.41) is 0.612. The first-order valence-corrected chi connectivity index (χ1v) is 6.55. The van der Waals surface area contributed by atoms with E-state index in [9.17, 15) is 4.79 Å². The van der Waals surface area contributed by atoms with Crippen molar-refractivity contribution in [1.29, 1.82) is 0 Å². The van der Waals surface area contributed by atoms with Crippen molar-refractivity contribution < 1.29 is 9.53 Å². The average Bonchev–Trinajstić information content (AvgIpc) is 2.74. The Labute approximate surface area is 94.5 Å². The smallest absolute Gasteiger partial charge is 0.248 e. The number of hydrogen-bond acceptors (Lipinski definition) is 4. The maximum atomic E-state index is 11.7. The first kappa shape index (κ1) is 11.2. The van der Waals surface area contributed by atoms with Gasteiger partial charge in [0, 0.05) is 18.3 Å². The maximum Gasteiger partial charge on any atom is 0.248 e. The van der Waals surface area contributed by atoms with Crippen LogP contribution in [0.15, 0.2) is 0 Å². The van der Waals surface area contributed by atoms with E-state index in [2.05, 4.69) is 0 Å². The van der Waals surface area contributed by atoms with Crippen LogP contribution >= 0.6 is 11.8 Å². The number of morpholine rings is 1. The van der Waals surface area contributed by atoms with Crippen molar-refractivity contribution in [1.82, 2.24) is 4.90 Å². The number of amides is 1. The Morgan fingerprint density at radius 1 is 1.60 bits per heavy atom. The van der Waals surface area contributed by atoms with E-state index < -0.39 is 0 Å². The molecule has 2 unspecified atom stereocenters. The highest BCUT2D eigenvalue weighted by molar-refractivity contribution is 8.00. The van der Waals surface area contributed by atoms with E-state index in [4.69, 9.17) is 10.5 Å². The summed E-state index contributed by atoms with van der Waals surface area (Å²) in [6.07, 6.45) is 2.51. The highest BCUT2D eigenvalue weighted by Gasteiger charge is 2.30. The lowest BCUT2D eigenvalue weighted by Crippen LogP contribution is -2.54. The Morgan fingerprint density at radius 3 is 3.13 bits per heavy atom. The second-order valence-corrected chi connectivity index (χ2v) is 5.49. The zero-order valence-corrected chi connectivity index (χ0v) is 9.67. The molecule has 15 heavy (non-hydrogen) atoms. The molecule has 0 aromatic carbocycles. The lowest BCUT2D eigenvalue weighted by Gasteiger charge is -2.36. The molecule has 1 amide bonds. The van der Waals surface area contributed by atoms with Crippen molar-refractivity contribution in [2.24, 2.45) is 5.73 Å². The molecule has 2 fully saturated rings. The van der Waals surface area contributed by atoms with Crippen LogP contribution in [0.4, 0.5) is 0 Å². The van der Waals surface area contributed by atoms with E-state index in [1.807, 2.05) is 16.7 Å². The fraction of sp³-hybridized carbons (Fsp3) is 0.900. The highest BCUT2D eigenvalue weighted by Crippen LogP contribution is 2.27. The molecule has 0 bridgehead atoms. The summed E-state index contributed by atoms with van der Waals surface area (Å²) in [5.41, 5.74) is 5.65. The van der Waals surface area contributed by atoms with Crippen LogP contribution in [0.3, 0.4) is 0 Å². The molecule has 2 aliphatic rings. The van der Waals surface area contributed by atoms with Crippen molar-refractivity contribution >= 4 is 17.7 Å². The summed E-state index contributed by atoms with van der Waals surface area (Å²) in [5.74, 6) is 1.33. The topological polar surface area (TPSA) is 55.6 Å². The van der Waals surface area contributed by atoms with E-state index in [-0.39, 0.29) is 18.6 Å². The van der Waals surface area contributed by atoms with Crippen molar-refractivity contribution in [3.05, 3.63) is 0 Å². The second kappa shape index (κ2) is 5.18. The predicted octanol–water partition coefficient (Wildman–Crippen LogP) is 0.0681. The Morgan fingerprint density at radius 2 is 2.47 bits per heavy atom. The zero-order valence-electron chi connectivity index (χ0n) is 8.85. The van der Waals surface area contributed by atoms with Gasteiger partial charge in [-0.3, -0.25) is 4.79 Å². The second-order valence-electron chi connectivity index (χ2n) is 4.09. The summed E-state index contributed by atoms with van der Waals surface area (Å²) >= 11 is 1.98. The molecule has 0 aromatic rings. The number of ether oxygens (including phenoxy) is 1. The maximum absolute atomic E-state index is 11.7. The molecule has 2 saturated heterocycles. The number of thioether (sulfide) groups is 1. The fourth-order valence-corrected chi connectivity index (χ4v) is 3.38. The average molecular weight is 230 g/mol. The molecule has 0 radical (unpaired) electrons. The van der Waals surface area contributed by atoms with E-state index in [1.54, 1.807) is 0 Å². The van der Waals surface area contributed by atoms with Crippen molar-refractivity contribution in [3.8, 4) is 0 Å². The van der Waals surface area contributed by atoms with Crippen LogP contribution in [0.1, 0.15) is 12.8 Å². The minimum absolute atomic E-state index is 0.0902. The molecule has 2 rings (SSSR count). The molecule has 2 N–H and O–H groups in total. The van der Waals surface area contributed by atoms with Gasteiger partial charge < -0.3 is 15.4 Å². The van der Waals surface area contributed by atoms with Gasteiger partial charge in [0.25, 0.3) is 0 Å². The van der Waals surface area contributed by atoms with E-state index in [0.717, 1.165) is 6.54 Å². The van der Waals surface area contributed by atoms with E-state index in [1.165, 1.54) is 18.6 Å². The largest absolute Gasteiger partial charge is 0.369 e. The molecule has 0 saturated carbocycles. The number of carbonyl (C=O) groups excluding carboxylic acids is 1. The van der Waals surface area contributed by atoms with Gasteiger partial charge in [-0.1, -0.05) is 0 Å². The molecular weight excluding hydrogens is 212 g/mol. The standard InChI is InChI=1S/C10H18N2O2S/c11-4-8-6-14-7-10(13)12(8)5-9-2-1-3-15-9/h8-9H,1-7,11H2. The normalized spacial score (nSPS) is 32.3. The number of carbonyl (C=O) groups is 1. The van der Waals surface area contributed by atoms with Crippen molar-refractivity contribution in [2.45, 2.75) is 24.1 Å². The summed E-state index contributed by atoms with van der Waals surface area (Å²) in [4.78, 5) is 13.6. The van der Waals surface area contributed by atoms with Gasteiger partial charge in [0.1, 0.15) is 6.61 Å². The van der Waals surface area contributed by atoms with Crippen molar-refractivity contribution in [3.63, 3.8) is 0 Å². The Balaban J connectivity index is 1.93. The minimum Gasteiger partial charge on any atom is -0.369 e. The fourth-order valence-electron chi connectivity index (χ4n) is 2.11. The van der Waals surface area contributed by atoms with Gasteiger partial charge in [-0.2, -0.15) is 11.8 Å². The monoisotopic (exact) mass is 230 g/mol. The first-order valence-electron chi connectivity index (χ1n) is 5.50. The van der Waals surface area contributed by atoms with Gasteiger partial charge in [-0.05, 0) is 18.6 Å². The van der Waals surface area contributed by atoms with E-state index >= 15 is 0 Å². The molecule has 5 heteroatoms. The van der Waals surface area contributed by atoms with Gasteiger partial charge >= 0.3 is 0 Å². The summed E-state index contributed by atoms with van der Waals surface area (Å²) < 4.78 is 5.20. The van der Waals surface area contributed by atoms with Gasteiger partial charge in [-0.25, -0.2) is 0 Å². The number of hydrogen-bond donors (Lipinski definition) is 1. The first-order chi connectivity index (χ1) is 7.31. The molecule has 0 aliphatic carbocycles. The summed E-state index contributed by atoms with van der Waals surface area (Å²) in [6, 6.07) is 0.0902. The third-order valence-corrected chi connectivity index (χ3v) is 4.37. The molecule has 86 valence electrons. The van der Waals surface area contributed by atoms with Crippen LogP contribution in [0, 0.1) is 0 Å². The molecule has 2 atom stereocenters. The molecule has 2 aliphatic heterocycles. The number of rotatable bonds is 3. The van der Waals surface area contributed by atoms with Crippen LogP contribution in [-0.2, 0) is 9.53 Å². The predicted molar refractivity (Wildman–Crippen MR) is 60.9 cm³/mol. The van der Waals surface area contributed by atoms with Gasteiger partial charge in [0.05, 0.1) is 12.6 Å². The van der Waals surface area contributed by atoms with Gasteiger partial charge in [-0.15, -0.1) is 0 Å². The third-order valence-electron chi connectivity index (χ3n) is 2.99. The lowest BCUT2D eigenvalue weighted by molar-refractivity contribution is -0.147. The van der Waals surface area contributed by atoms with Crippen LogP contribution in [0.5, 0.6) is 0 Å². The summed E-state index contributed by atoms with van der Waals surface area (Å²) in [6.45, 7) is 2.19. The van der Waals surface area contributed by atoms with Gasteiger partial charge in [0.2, 0.25) is 5.91 Å². The van der Waals surface area contributed by atoms with Crippen LogP contribution in [-0.4, -0.2) is 54.2 Å². The van der Waals surface area contributed by atoms with Crippen LogP contribution in [0.25, 0.3) is 0 Å². The van der Waals surface area contributed by atoms with Gasteiger partial charge in [0.15, 0.2) is 0 Å². The van der Waals surface area contributed by atoms with Crippen LogP contribution < -0.4 is 5.73 Å². The Kier molecular flexibility index (Phi) is 3.88. The number of nitrogens with two attached hydrogens (primary N) is 1. The lowest BCUT2D eigenvalue weighted by atomic mass is 10.2. The van der Waals surface area contributed by atoms with E-state index in [0.29, 0.717) is 18.4 Å². The molecule has 4 nitrogen and oxygen atoms in total. The molecular formula is C10H18N2O2S. The Hall–Kier alpha value is -0.260. The Bertz CT molecular complexity index is 231.